The van der Waals surface area contributed by atoms with E-state index >= 15 is 0 Å². The first-order valence-corrected chi connectivity index (χ1v) is 3.21. The molecular weight excluding hydrogens is 160 g/mol. The average molecular weight is 168 g/mol. The molecule has 0 bridgehead atoms. The SMILES string of the molecule is CC(=O)OCC#CC(=O)C(C)=O. The number of ether oxygens (including phenoxy) is 1. The zero-order valence-corrected chi connectivity index (χ0v) is 6.84. The fourth-order valence-corrected chi connectivity index (χ4v) is 0.342. The number of carbonyl (C=O) groups is 3. The Labute approximate surface area is 69.9 Å². The first kappa shape index (κ1) is 10.4. The molecule has 0 N–H and O–H groups in total. The van der Waals surface area contributed by atoms with Crippen LogP contribution in [-0.4, -0.2) is 24.1 Å². The van der Waals surface area contributed by atoms with Gasteiger partial charge in [-0.05, 0) is 5.92 Å². The van der Waals surface area contributed by atoms with Crippen LogP contribution in [0.1, 0.15) is 13.8 Å². The molecule has 0 saturated heterocycles. The first-order chi connectivity index (χ1) is 5.54. The molecule has 12 heavy (non-hydrogen) atoms. The molecule has 0 unspecified atom stereocenters. The monoisotopic (exact) mass is 168 g/mol. The van der Waals surface area contributed by atoms with Crippen molar-refractivity contribution in [3.63, 3.8) is 0 Å². The van der Waals surface area contributed by atoms with Crippen molar-refractivity contribution in [3.8, 4) is 11.8 Å². The third-order valence-corrected chi connectivity index (χ3v) is 0.869. The van der Waals surface area contributed by atoms with E-state index in [1.165, 1.54) is 6.92 Å². The van der Waals surface area contributed by atoms with Crippen LogP contribution >= 0.6 is 0 Å². The Morgan fingerprint density at radius 1 is 1.25 bits per heavy atom. The number of Topliss-reactive ketones (excluding diaryl/α,β-unsaturated/α-hetero) is 2. The zero-order valence-electron chi connectivity index (χ0n) is 6.84. The van der Waals surface area contributed by atoms with Crippen LogP contribution in [0.5, 0.6) is 0 Å². The summed E-state index contributed by atoms with van der Waals surface area (Å²) in [5.74, 6) is 2.39. The van der Waals surface area contributed by atoms with Crippen LogP contribution in [0.4, 0.5) is 0 Å². The van der Waals surface area contributed by atoms with E-state index in [1.807, 2.05) is 5.92 Å². The van der Waals surface area contributed by atoms with Crippen molar-refractivity contribution in [2.75, 3.05) is 6.61 Å². The van der Waals surface area contributed by atoms with Crippen LogP contribution in [0.2, 0.25) is 0 Å². The molecule has 0 rings (SSSR count). The summed E-state index contributed by atoms with van der Waals surface area (Å²) in [7, 11) is 0. The second-order valence-corrected chi connectivity index (χ2v) is 1.97. The first-order valence-electron chi connectivity index (χ1n) is 3.21. The van der Waals surface area contributed by atoms with E-state index in [9.17, 15) is 14.4 Å². The summed E-state index contributed by atoms with van der Waals surface area (Å²) < 4.78 is 4.40. The lowest BCUT2D eigenvalue weighted by Gasteiger charge is -1.90. The lowest BCUT2D eigenvalue weighted by Crippen LogP contribution is -2.06. The summed E-state index contributed by atoms with van der Waals surface area (Å²) in [4.78, 5) is 31.0. The van der Waals surface area contributed by atoms with Gasteiger partial charge in [-0.3, -0.25) is 14.4 Å². The molecule has 0 saturated carbocycles. The molecule has 4 nitrogen and oxygen atoms in total. The largest absolute Gasteiger partial charge is 0.453 e. The van der Waals surface area contributed by atoms with Gasteiger partial charge in [0.1, 0.15) is 0 Å². The molecule has 0 radical (unpaired) electrons. The van der Waals surface area contributed by atoms with E-state index in [0.29, 0.717) is 0 Å². The minimum absolute atomic E-state index is 0.158. The highest BCUT2D eigenvalue weighted by molar-refractivity contribution is 6.43. The Morgan fingerprint density at radius 2 is 1.83 bits per heavy atom. The number of esters is 1. The second kappa shape index (κ2) is 5.08. The highest BCUT2D eigenvalue weighted by Gasteiger charge is 2.00. The van der Waals surface area contributed by atoms with E-state index < -0.39 is 17.5 Å². The van der Waals surface area contributed by atoms with Gasteiger partial charge in [-0.15, -0.1) is 0 Å². The topological polar surface area (TPSA) is 60.4 Å². The second-order valence-electron chi connectivity index (χ2n) is 1.97. The number of rotatable bonds is 2. The smallest absolute Gasteiger partial charge is 0.303 e. The van der Waals surface area contributed by atoms with Crippen molar-refractivity contribution in [2.24, 2.45) is 0 Å². The van der Waals surface area contributed by atoms with E-state index in [1.54, 1.807) is 0 Å². The van der Waals surface area contributed by atoms with Gasteiger partial charge in [0.25, 0.3) is 5.78 Å². The minimum atomic E-state index is -0.776. The summed E-state index contributed by atoms with van der Waals surface area (Å²) in [6.45, 7) is 2.20. The quantitative estimate of drug-likeness (QED) is 0.246. The standard InChI is InChI=1S/C8H8O4/c1-6(9)8(11)4-3-5-12-7(2)10/h5H2,1-2H3. The van der Waals surface area contributed by atoms with Gasteiger partial charge in [-0.2, -0.15) is 0 Å². The summed E-state index contributed by atoms with van der Waals surface area (Å²) in [6, 6.07) is 0. The molecule has 4 heteroatoms. The van der Waals surface area contributed by atoms with Crippen LogP contribution in [-0.2, 0) is 19.1 Å². The molecule has 0 aromatic heterocycles. The summed E-state index contributed by atoms with van der Waals surface area (Å²) >= 11 is 0. The van der Waals surface area contributed by atoms with Crippen molar-refractivity contribution < 1.29 is 19.1 Å². The molecule has 0 aromatic rings. The van der Waals surface area contributed by atoms with E-state index in [-0.39, 0.29) is 6.61 Å². The maximum absolute atomic E-state index is 10.5. The molecule has 0 aliphatic heterocycles. The van der Waals surface area contributed by atoms with Crippen LogP contribution < -0.4 is 0 Å². The highest BCUT2D eigenvalue weighted by Crippen LogP contribution is 1.75. The predicted octanol–water partition coefficient (Wildman–Crippen LogP) is -0.289. The maximum Gasteiger partial charge on any atom is 0.303 e. The Kier molecular flexibility index (Phi) is 4.39. The van der Waals surface area contributed by atoms with E-state index in [0.717, 1.165) is 6.92 Å². The number of hydrogen-bond acceptors (Lipinski definition) is 4. The van der Waals surface area contributed by atoms with Gasteiger partial charge in [-0.1, -0.05) is 5.92 Å². The maximum atomic E-state index is 10.5. The fraction of sp³-hybridized carbons (Fsp3) is 0.375. The molecular formula is C8H8O4. The van der Waals surface area contributed by atoms with Crippen molar-refractivity contribution in [1.29, 1.82) is 0 Å². The molecule has 0 atom stereocenters. The molecule has 0 aliphatic carbocycles. The third kappa shape index (κ3) is 5.18. The van der Waals surface area contributed by atoms with Crippen LogP contribution in [0.25, 0.3) is 0 Å². The predicted molar refractivity (Wildman–Crippen MR) is 40.1 cm³/mol. The Balaban J connectivity index is 3.82. The number of carbonyl (C=O) groups excluding carboxylic acids is 3. The molecule has 0 heterocycles. The summed E-state index contributed by atoms with van der Waals surface area (Å²) in [6.07, 6.45) is 0. The van der Waals surface area contributed by atoms with Crippen LogP contribution in [0.3, 0.4) is 0 Å². The normalized spacial score (nSPS) is 7.83. The van der Waals surface area contributed by atoms with Crippen molar-refractivity contribution >= 4 is 17.5 Å². The molecule has 64 valence electrons. The molecule has 0 amide bonds. The molecule has 0 fully saturated rings. The van der Waals surface area contributed by atoms with E-state index in [2.05, 4.69) is 10.7 Å². The molecule has 0 aliphatic rings. The van der Waals surface area contributed by atoms with Gasteiger partial charge in [0.05, 0.1) is 0 Å². The Morgan fingerprint density at radius 3 is 2.25 bits per heavy atom. The van der Waals surface area contributed by atoms with Gasteiger partial charge >= 0.3 is 5.97 Å². The Bertz CT molecular complexity index is 267. The average Bonchev–Trinajstić information content (AvgIpc) is 1.97. The number of hydrogen-bond donors (Lipinski definition) is 0. The Hall–Kier alpha value is -1.63. The summed E-state index contributed by atoms with van der Waals surface area (Å²) in [5, 5.41) is 0. The fourth-order valence-electron chi connectivity index (χ4n) is 0.342. The van der Waals surface area contributed by atoms with Gasteiger partial charge in [0.2, 0.25) is 5.78 Å². The van der Waals surface area contributed by atoms with Gasteiger partial charge in [-0.25, -0.2) is 0 Å². The van der Waals surface area contributed by atoms with Gasteiger partial charge in [0.15, 0.2) is 6.61 Å². The minimum Gasteiger partial charge on any atom is -0.453 e. The van der Waals surface area contributed by atoms with Crippen molar-refractivity contribution in [2.45, 2.75) is 13.8 Å². The van der Waals surface area contributed by atoms with Gasteiger partial charge in [0, 0.05) is 13.8 Å². The lowest BCUT2D eigenvalue weighted by atomic mass is 10.3. The molecule has 0 aromatic carbocycles. The van der Waals surface area contributed by atoms with Crippen molar-refractivity contribution in [1.82, 2.24) is 0 Å². The van der Waals surface area contributed by atoms with E-state index in [4.69, 9.17) is 0 Å². The van der Waals surface area contributed by atoms with Crippen molar-refractivity contribution in [3.05, 3.63) is 0 Å². The highest BCUT2D eigenvalue weighted by atomic mass is 16.5. The molecule has 0 spiro atoms. The third-order valence-electron chi connectivity index (χ3n) is 0.869. The van der Waals surface area contributed by atoms with Gasteiger partial charge < -0.3 is 4.74 Å². The van der Waals surface area contributed by atoms with Crippen LogP contribution in [0.15, 0.2) is 0 Å². The van der Waals surface area contributed by atoms with Crippen LogP contribution in [0, 0.1) is 11.8 Å². The summed E-state index contributed by atoms with van der Waals surface area (Å²) in [5.41, 5.74) is 0. The zero-order chi connectivity index (χ0) is 9.56. The lowest BCUT2D eigenvalue weighted by molar-refractivity contribution is -0.139. The number of ketones is 2.